The molecule has 1 aromatic heterocycles. The van der Waals surface area contributed by atoms with Crippen molar-refractivity contribution in [1.29, 1.82) is 0 Å². The molecule has 1 heterocycles. The number of hydrogen-bond donors (Lipinski definition) is 1. The van der Waals surface area contributed by atoms with Gasteiger partial charge in [-0.3, -0.25) is 10.1 Å². The molecular weight excluding hydrogens is 366 g/mol. The van der Waals surface area contributed by atoms with E-state index in [0.717, 1.165) is 12.1 Å². The number of halogens is 1. The second kappa shape index (κ2) is 6.85. The second-order valence-electron chi connectivity index (χ2n) is 5.27. The molecule has 0 aliphatic heterocycles. The summed E-state index contributed by atoms with van der Waals surface area (Å²) in [6.45, 7) is -0.314. The Bertz CT molecular complexity index is 1090. The summed E-state index contributed by atoms with van der Waals surface area (Å²) in [6, 6.07) is 8.86. The molecule has 1 N–H and O–H groups in total. The molecule has 0 unspecified atom stereocenters. The van der Waals surface area contributed by atoms with Crippen LogP contribution >= 0.6 is 11.6 Å². The summed E-state index contributed by atoms with van der Waals surface area (Å²) in [5, 5.41) is 21.1. The highest BCUT2D eigenvalue weighted by atomic mass is 35.5. The van der Waals surface area contributed by atoms with Crippen LogP contribution in [0.3, 0.4) is 0 Å². The van der Waals surface area contributed by atoms with Gasteiger partial charge in [0.2, 0.25) is 0 Å². The number of rotatable bonds is 4. The van der Waals surface area contributed by atoms with Gasteiger partial charge in [-0.2, -0.15) is 0 Å². The first-order valence-electron chi connectivity index (χ1n) is 7.22. The van der Waals surface area contributed by atoms with Gasteiger partial charge in [-0.15, -0.1) is 0 Å². The summed E-state index contributed by atoms with van der Waals surface area (Å²) in [7, 11) is 0. The molecule has 9 heteroatoms. The number of nitro groups is 1. The van der Waals surface area contributed by atoms with Crippen LogP contribution in [0.15, 0.2) is 51.7 Å². The van der Waals surface area contributed by atoms with Crippen molar-refractivity contribution in [3.8, 4) is 5.75 Å². The van der Waals surface area contributed by atoms with E-state index in [0.29, 0.717) is 10.9 Å². The van der Waals surface area contributed by atoms with Gasteiger partial charge in [0.25, 0.3) is 5.69 Å². The van der Waals surface area contributed by atoms with Crippen molar-refractivity contribution in [2.45, 2.75) is 6.61 Å². The number of aromatic hydroxyl groups is 1. The van der Waals surface area contributed by atoms with Crippen molar-refractivity contribution in [2.75, 3.05) is 0 Å². The molecule has 0 radical (unpaired) electrons. The van der Waals surface area contributed by atoms with Crippen molar-refractivity contribution in [3.63, 3.8) is 0 Å². The minimum atomic E-state index is -0.937. The lowest BCUT2D eigenvalue weighted by Crippen LogP contribution is -2.10. The van der Waals surface area contributed by atoms with Crippen LogP contribution in [0, 0.1) is 10.1 Å². The van der Waals surface area contributed by atoms with E-state index in [1.165, 1.54) is 30.3 Å². The Kier molecular flexibility index (Phi) is 4.59. The normalized spacial score (nSPS) is 10.7. The summed E-state index contributed by atoms with van der Waals surface area (Å²) in [6.07, 6.45) is 0. The molecule has 0 amide bonds. The van der Waals surface area contributed by atoms with Gasteiger partial charge in [-0.25, -0.2) is 9.59 Å². The van der Waals surface area contributed by atoms with Gasteiger partial charge < -0.3 is 14.3 Å². The molecule has 0 fully saturated rings. The Balaban J connectivity index is 1.90. The van der Waals surface area contributed by atoms with E-state index in [-0.39, 0.29) is 28.5 Å². The lowest BCUT2D eigenvalue weighted by Gasteiger charge is -2.08. The molecule has 0 aliphatic rings. The molecule has 0 aliphatic carbocycles. The number of nitro benzene ring substituents is 1. The van der Waals surface area contributed by atoms with E-state index in [1.54, 1.807) is 0 Å². The zero-order valence-electron chi connectivity index (χ0n) is 13.0. The second-order valence-corrected chi connectivity index (χ2v) is 5.70. The van der Waals surface area contributed by atoms with Crippen LogP contribution in [0.4, 0.5) is 5.69 Å². The number of nitrogens with zero attached hydrogens (tertiary/aromatic N) is 1. The zero-order chi connectivity index (χ0) is 18.8. The van der Waals surface area contributed by atoms with Gasteiger partial charge in [0.1, 0.15) is 23.5 Å². The third kappa shape index (κ3) is 3.50. The third-order valence-corrected chi connectivity index (χ3v) is 3.78. The minimum Gasteiger partial charge on any atom is -0.508 e. The summed E-state index contributed by atoms with van der Waals surface area (Å²) in [5.41, 5.74) is -0.969. The molecule has 132 valence electrons. The van der Waals surface area contributed by atoms with Gasteiger partial charge in [0, 0.05) is 34.2 Å². The predicted octanol–water partition coefficient (Wildman–Crippen LogP) is 3.42. The van der Waals surface area contributed by atoms with E-state index in [2.05, 4.69) is 0 Å². The predicted molar refractivity (Wildman–Crippen MR) is 91.4 cm³/mol. The van der Waals surface area contributed by atoms with Crippen LogP contribution in [0.25, 0.3) is 11.0 Å². The number of carbonyl (C=O) groups is 1. The Morgan fingerprint density at radius 2 is 2.00 bits per heavy atom. The SMILES string of the molecule is O=C(OCc1cc(=O)oc2cc(O)ccc12)c1ccc(Cl)cc1[N+](=O)[O-]. The largest absolute Gasteiger partial charge is 0.508 e. The highest BCUT2D eigenvalue weighted by molar-refractivity contribution is 6.31. The topological polar surface area (TPSA) is 120 Å². The van der Waals surface area contributed by atoms with Gasteiger partial charge in [0.05, 0.1) is 4.92 Å². The van der Waals surface area contributed by atoms with Gasteiger partial charge in [0.15, 0.2) is 0 Å². The van der Waals surface area contributed by atoms with Crippen LogP contribution in [0.2, 0.25) is 5.02 Å². The lowest BCUT2D eigenvalue weighted by atomic mass is 10.1. The van der Waals surface area contributed by atoms with Crippen LogP contribution in [-0.4, -0.2) is 16.0 Å². The maximum absolute atomic E-state index is 12.2. The highest BCUT2D eigenvalue weighted by Crippen LogP contribution is 2.25. The average Bonchev–Trinajstić information content (AvgIpc) is 2.58. The Hall–Kier alpha value is -3.39. The number of fused-ring (bicyclic) bond motifs is 1. The summed E-state index contributed by atoms with van der Waals surface area (Å²) in [5.74, 6) is -1.03. The smallest absolute Gasteiger partial charge is 0.345 e. The number of phenols is 1. The van der Waals surface area contributed by atoms with E-state index < -0.39 is 22.2 Å². The molecular formula is C17H10ClNO7. The number of carbonyl (C=O) groups excluding carboxylic acids is 1. The zero-order valence-corrected chi connectivity index (χ0v) is 13.7. The molecule has 3 aromatic rings. The first-order valence-corrected chi connectivity index (χ1v) is 7.60. The average molecular weight is 376 g/mol. The van der Waals surface area contributed by atoms with Crippen LogP contribution < -0.4 is 5.63 Å². The summed E-state index contributed by atoms with van der Waals surface area (Å²) < 4.78 is 10.1. The van der Waals surface area contributed by atoms with Crippen molar-refractivity contribution in [3.05, 3.63) is 79.1 Å². The van der Waals surface area contributed by atoms with Gasteiger partial charge in [-0.1, -0.05) is 11.6 Å². The molecule has 2 aromatic carbocycles. The van der Waals surface area contributed by atoms with E-state index in [9.17, 15) is 24.8 Å². The number of benzene rings is 2. The lowest BCUT2D eigenvalue weighted by molar-refractivity contribution is -0.385. The Morgan fingerprint density at radius 1 is 1.23 bits per heavy atom. The van der Waals surface area contributed by atoms with Gasteiger partial charge >= 0.3 is 11.6 Å². The fraction of sp³-hybridized carbons (Fsp3) is 0.0588. The Labute approximate surface area is 150 Å². The van der Waals surface area contributed by atoms with Crippen molar-refractivity contribution >= 4 is 34.2 Å². The number of esters is 1. The molecule has 8 nitrogen and oxygen atoms in total. The minimum absolute atomic E-state index is 0.0911. The van der Waals surface area contributed by atoms with Crippen LogP contribution in [0.1, 0.15) is 15.9 Å². The molecule has 3 rings (SSSR count). The first-order chi connectivity index (χ1) is 12.3. The van der Waals surface area contributed by atoms with Gasteiger partial charge in [-0.05, 0) is 24.3 Å². The van der Waals surface area contributed by atoms with Crippen molar-refractivity contribution in [2.24, 2.45) is 0 Å². The number of ether oxygens (including phenoxy) is 1. The number of hydrogen-bond acceptors (Lipinski definition) is 7. The maximum atomic E-state index is 12.2. The number of phenolic OH excluding ortho intramolecular Hbond substituents is 1. The molecule has 26 heavy (non-hydrogen) atoms. The molecule has 0 saturated heterocycles. The van der Waals surface area contributed by atoms with E-state index in [1.807, 2.05) is 0 Å². The Morgan fingerprint density at radius 3 is 2.73 bits per heavy atom. The van der Waals surface area contributed by atoms with Crippen LogP contribution in [-0.2, 0) is 11.3 Å². The third-order valence-electron chi connectivity index (χ3n) is 3.55. The van der Waals surface area contributed by atoms with Crippen LogP contribution in [0.5, 0.6) is 5.75 Å². The van der Waals surface area contributed by atoms with Crippen molar-refractivity contribution in [1.82, 2.24) is 0 Å². The summed E-state index contributed by atoms with van der Waals surface area (Å²) >= 11 is 5.71. The van der Waals surface area contributed by atoms with E-state index in [4.69, 9.17) is 20.8 Å². The molecule has 0 saturated carbocycles. The van der Waals surface area contributed by atoms with E-state index >= 15 is 0 Å². The fourth-order valence-electron chi connectivity index (χ4n) is 2.39. The fourth-order valence-corrected chi connectivity index (χ4v) is 2.55. The standard InChI is InChI=1S/C17H10ClNO7/c18-10-1-3-13(14(6-10)19(23)24)17(22)25-8-9-5-16(21)26-15-7-11(20)2-4-12(9)15/h1-7,20H,8H2. The first kappa shape index (κ1) is 17.4. The highest BCUT2D eigenvalue weighted by Gasteiger charge is 2.22. The quantitative estimate of drug-likeness (QED) is 0.321. The maximum Gasteiger partial charge on any atom is 0.345 e. The summed E-state index contributed by atoms with van der Waals surface area (Å²) in [4.78, 5) is 34.2. The van der Waals surface area contributed by atoms with Crippen molar-refractivity contribution < 1.29 is 24.0 Å². The monoisotopic (exact) mass is 375 g/mol. The molecule has 0 bridgehead atoms. The molecule has 0 spiro atoms. The molecule has 0 atom stereocenters.